The summed E-state index contributed by atoms with van der Waals surface area (Å²) in [6.07, 6.45) is 7.06. The van der Waals surface area contributed by atoms with Crippen LogP contribution in [-0.2, 0) is 0 Å². The van der Waals surface area contributed by atoms with Crippen LogP contribution in [0.5, 0.6) is 0 Å². The summed E-state index contributed by atoms with van der Waals surface area (Å²) in [7, 11) is 0. The molecule has 0 aromatic carbocycles. The topological polar surface area (TPSA) is 15.3 Å². The minimum Gasteiger partial charge on any atom is -0.317 e. The van der Waals surface area contributed by atoms with Crippen LogP contribution in [0.15, 0.2) is 0 Å². The molecule has 0 amide bonds. The van der Waals surface area contributed by atoms with E-state index >= 15 is 0 Å². The first-order valence-electron chi connectivity index (χ1n) is 7.20. The van der Waals surface area contributed by atoms with Gasteiger partial charge >= 0.3 is 0 Å². The zero-order chi connectivity index (χ0) is 11.4. The monoisotopic (exact) mass is 224 g/mol. The molecule has 16 heavy (non-hydrogen) atoms. The first kappa shape index (κ1) is 12.4. The van der Waals surface area contributed by atoms with Gasteiger partial charge < -0.3 is 10.2 Å². The lowest BCUT2D eigenvalue weighted by molar-refractivity contribution is 0.150. The van der Waals surface area contributed by atoms with E-state index in [4.69, 9.17) is 0 Å². The molecule has 2 saturated heterocycles. The van der Waals surface area contributed by atoms with Crippen LogP contribution in [0.3, 0.4) is 0 Å². The summed E-state index contributed by atoms with van der Waals surface area (Å²) in [6.45, 7) is 10.0. The Labute approximate surface area is 101 Å². The molecule has 2 atom stereocenters. The Balaban J connectivity index is 1.84. The van der Waals surface area contributed by atoms with Gasteiger partial charge in [0.1, 0.15) is 0 Å². The Morgan fingerprint density at radius 1 is 1.06 bits per heavy atom. The van der Waals surface area contributed by atoms with E-state index in [-0.39, 0.29) is 0 Å². The summed E-state index contributed by atoms with van der Waals surface area (Å²) in [5.41, 5.74) is 0. The Bertz CT molecular complexity index is 199. The molecular weight excluding hydrogens is 196 g/mol. The van der Waals surface area contributed by atoms with Crippen LogP contribution >= 0.6 is 0 Å². The smallest absolute Gasteiger partial charge is 0.00671 e. The van der Waals surface area contributed by atoms with E-state index in [9.17, 15) is 0 Å². The molecular formula is C14H28N2. The summed E-state index contributed by atoms with van der Waals surface area (Å²) in [6, 6.07) is 0.819. The lowest BCUT2D eigenvalue weighted by Gasteiger charge is -2.34. The van der Waals surface area contributed by atoms with Gasteiger partial charge in [0.2, 0.25) is 0 Å². The quantitative estimate of drug-likeness (QED) is 0.775. The van der Waals surface area contributed by atoms with Crippen LogP contribution in [-0.4, -0.2) is 37.1 Å². The van der Waals surface area contributed by atoms with E-state index in [2.05, 4.69) is 24.1 Å². The fraction of sp³-hybridized carbons (Fsp3) is 1.00. The minimum atomic E-state index is 0.819. The Morgan fingerprint density at radius 2 is 1.81 bits per heavy atom. The third-order valence-corrected chi connectivity index (χ3v) is 4.44. The number of hydrogen-bond donors (Lipinski definition) is 1. The van der Waals surface area contributed by atoms with Crippen molar-refractivity contribution in [3.05, 3.63) is 0 Å². The average Bonchev–Trinajstić information content (AvgIpc) is 2.43. The van der Waals surface area contributed by atoms with Gasteiger partial charge in [-0.25, -0.2) is 0 Å². The largest absolute Gasteiger partial charge is 0.317 e. The second-order valence-electron chi connectivity index (χ2n) is 6.03. The van der Waals surface area contributed by atoms with Crippen molar-refractivity contribution in [1.29, 1.82) is 0 Å². The molecule has 0 saturated carbocycles. The fourth-order valence-electron chi connectivity index (χ4n) is 3.27. The molecule has 2 aliphatic rings. The predicted octanol–water partition coefficient (Wildman–Crippen LogP) is 2.50. The molecule has 0 spiro atoms. The van der Waals surface area contributed by atoms with Gasteiger partial charge in [-0.2, -0.15) is 0 Å². The standard InChI is InChI=1S/C14H28N2/c1-12-4-3-5-13(2)16(10-12)11-14-6-8-15-9-7-14/h12-15H,3-11H2,1-2H3. The molecule has 2 fully saturated rings. The number of likely N-dealkylation sites (tertiary alicyclic amines) is 1. The van der Waals surface area contributed by atoms with Gasteiger partial charge in [-0.3, -0.25) is 0 Å². The molecule has 2 heteroatoms. The summed E-state index contributed by atoms with van der Waals surface area (Å²) in [5, 5.41) is 3.47. The predicted molar refractivity (Wildman–Crippen MR) is 69.6 cm³/mol. The van der Waals surface area contributed by atoms with E-state index in [0.717, 1.165) is 17.9 Å². The number of nitrogens with one attached hydrogen (secondary N) is 1. The molecule has 2 rings (SSSR count). The van der Waals surface area contributed by atoms with E-state index in [1.807, 2.05) is 0 Å². The molecule has 2 aliphatic heterocycles. The number of rotatable bonds is 2. The second-order valence-corrected chi connectivity index (χ2v) is 6.03. The summed E-state index contributed by atoms with van der Waals surface area (Å²) in [4.78, 5) is 2.77. The maximum atomic E-state index is 3.47. The molecule has 2 unspecified atom stereocenters. The summed E-state index contributed by atoms with van der Waals surface area (Å²) in [5.74, 6) is 1.86. The Morgan fingerprint density at radius 3 is 2.56 bits per heavy atom. The van der Waals surface area contributed by atoms with Crippen molar-refractivity contribution in [3.63, 3.8) is 0 Å². The van der Waals surface area contributed by atoms with E-state index in [1.165, 1.54) is 58.3 Å². The van der Waals surface area contributed by atoms with E-state index < -0.39 is 0 Å². The van der Waals surface area contributed by atoms with Crippen molar-refractivity contribution in [1.82, 2.24) is 10.2 Å². The van der Waals surface area contributed by atoms with Crippen molar-refractivity contribution in [2.24, 2.45) is 11.8 Å². The van der Waals surface area contributed by atoms with Gasteiger partial charge in [0, 0.05) is 19.1 Å². The van der Waals surface area contributed by atoms with Gasteiger partial charge in [-0.15, -0.1) is 0 Å². The number of nitrogens with zero attached hydrogens (tertiary/aromatic N) is 1. The second kappa shape index (κ2) is 6.02. The Kier molecular flexibility index (Phi) is 4.66. The SMILES string of the molecule is CC1CCCC(C)N(CC2CCNCC2)C1. The van der Waals surface area contributed by atoms with Crippen molar-refractivity contribution < 1.29 is 0 Å². The minimum absolute atomic E-state index is 0.819. The maximum Gasteiger partial charge on any atom is 0.00671 e. The van der Waals surface area contributed by atoms with Gasteiger partial charge in [0.05, 0.1) is 0 Å². The summed E-state index contributed by atoms with van der Waals surface area (Å²) >= 11 is 0. The molecule has 0 aliphatic carbocycles. The van der Waals surface area contributed by atoms with Crippen LogP contribution in [0, 0.1) is 11.8 Å². The van der Waals surface area contributed by atoms with Crippen LogP contribution in [0.1, 0.15) is 46.0 Å². The molecule has 2 heterocycles. The maximum absolute atomic E-state index is 3.47. The van der Waals surface area contributed by atoms with Gasteiger partial charge in [-0.1, -0.05) is 13.3 Å². The highest BCUT2D eigenvalue weighted by Crippen LogP contribution is 2.23. The third-order valence-electron chi connectivity index (χ3n) is 4.44. The third kappa shape index (κ3) is 3.46. The molecule has 1 N–H and O–H groups in total. The zero-order valence-corrected chi connectivity index (χ0v) is 11.0. The molecule has 0 aromatic heterocycles. The molecule has 0 radical (unpaired) electrons. The van der Waals surface area contributed by atoms with Crippen molar-refractivity contribution in [2.45, 2.75) is 52.0 Å². The van der Waals surface area contributed by atoms with Gasteiger partial charge in [0.25, 0.3) is 0 Å². The normalized spacial score (nSPS) is 34.9. The molecule has 2 nitrogen and oxygen atoms in total. The molecule has 0 bridgehead atoms. The number of piperidine rings is 1. The lowest BCUT2D eigenvalue weighted by atomic mass is 9.96. The lowest BCUT2D eigenvalue weighted by Crippen LogP contribution is -2.41. The van der Waals surface area contributed by atoms with Gasteiger partial charge in [-0.05, 0) is 57.5 Å². The van der Waals surface area contributed by atoms with E-state index in [0.29, 0.717) is 0 Å². The van der Waals surface area contributed by atoms with Gasteiger partial charge in [0.15, 0.2) is 0 Å². The highest BCUT2D eigenvalue weighted by atomic mass is 15.2. The van der Waals surface area contributed by atoms with Crippen LogP contribution in [0.25, 0.3) is 0 Å². The van der Waals surface area contributed by atoms with Crippen molar-refractivity contribution in [2.75, 3.05) is 26.2 Å². The highest BCUT2D eigenvalue weighted by Gasteiger charge is 2.24. The van der Waals surface area contributed by atoms with Crippen molar-refractivity contribution >= 4 is 0 Å². The highest BCUT2D eigenvalue weighted by molar-refractivity contribution is 4.79. The van der Waals surface area contributed by atoms with Crippen LogP contribution in [0.2, 0.25) is 0 Å². The first-order chi connectivity index (χ1) is 7.75. The van der Waals surface area contributed by atoms with Crippen molar-refractivity contribution in [3.8, 4) is 0 Å². The van der Waals surface area contributed by atoms with Crippen LogP contribution in [0.4, 0.5) is 0 Å². The first-order valence-corrected chi connectivity index (χ1v) is 7.20. The Hall–Kier alpha value is -0.0800. The number of hydrogen-bond acceptors (Lipinski definition) is 2. The van der Waals surface area contributed by atoms with Crippen LogP contribution < -0.4 is 5.32 Å². The molecule has 0 aromatic rings. The fourth-order valence-corrected chi connectivity index (χ4v) is 3.27. The average molecular weight is 224 g/mol. The zero-order valence-electron chi connectivity index (χ0n) is 11.0. The molecule has 94 valence electrons. The summed E-state index contributed by atoms with van der Waals surface area (Å²) < 4.78 is 0. The van der Waals surface area contributed by atoms with E-state index in [1.54, 1.807) is 0 Å².